The lowest BCUT2D eigenvalue weighted by Gasteiger charge is -2.18. The monoisotopic (exact) mass is 229 g/mol. The summed E-state index contributed by atoms with van der Waals surface area (Å²) >= 11 is 0. The van der Waals surface area contributed by atoms with E-state index in [2.05, 4.69) is 64.7 Å². The molecule has 0 radical (unpaired) electrons. The van der Waals surface area contributed by atoms with Crippen molar-refractivity contribution in [1.29, 1.82) is 0 Å². The molecule has 2 rings (SSSR count). The van der Waals surface area contributed by atoms with Crippen molar-refractivity contribution in [2.45, 2.75) is 52.9 Å². The van der Waals surface area contributed by atoms with Crippen molar-refractivity contribution in [2.75, 3.05) is 0 Å². The summed E-state index contributed by atoms with van der Waals surface area (Å²) in [5, 5.41) is 1.36. The van der Waals surface area contributed by atoms with E-state index in [0.717, 1.165) is 0 Å². The van der Waals surface area contributed by atoms with Gasteiger partial charge in [-0.25, -0.2) is 0 Å². The van der Waals surface area contributed by atoms with Crippen LogP contribution in [0.15, 0.2) is 18.2 Å². The maximum Gasteiger partial charge on any atom is 0.0461 e. The molecule has 0 aliphatic rings. The number of rotatable bonds is 1. The SMILES string of the molecule is Cc1c(C(C)C)[nH]c2cc(C(C)(C)C)ccc12. The van der Waals surface area contributed by atoms with Gasteiger partial charge < -0.3 is 4.98 Å². The minimum atomic E-state index is 0.213. The zero-order chi connectivity index (χ0) is 12.8. The third kappa shape index (κ3) is 2.11. The van der Waals surface area contributed by atoms with Gasteiger partial charge in [0.1, 0.15) is 0 Å². The molecule has 0 aliphatic heterocycles. The zero-order valence-electron chi connectivity index (χ0n) is 11.8. The number of hydrogen-bond acceptors (Lipinski definition) is 0. The van der Waals surface area contributed by atoms with Crippen molar-refractivity contribution in [2.24, 2.45) is 0 Å². The van der Waals surface area contributed by atoms with E-state index in [1.54, 1.807) is 0 Å². The number of aromatic nitrogens is 1. The van der Waals surface area contributed by atoms with Gasteiger partial charge in [0.15, 0.2) is 0 Å². The Morgan fingerprint density at radius 3 is 2.29 bits per heavy atom. The number of nitrogens with one attached hydrogen (secondary N) is 1. The lowest BCUT2D eigenvalue weighted by molar-refractivity contribution is 0.591. The molecule has 17 heavy (non-hydrogen) atoms. The van der Waals surface area contributed by atoms with Gasteiger partial charge in [-0.05, 0) is 35.4 Å². The maximum absolute atomic E-state index is 3.58. The van der Waals surface area contributed by atoms with Crippen LogP contribution >= 0.6 is 0 Å². The van der Waals surface area contributed by atoms with Crippen LogP contribution in [-0.4, -0.2) is 4.98 Å². The number of fused-ring (bicyclic) bond motifs is 1. The molecule has 0 unspecified atom stereocenters. The topological polar surface area (TPSA) is 15.8 Å². The smallest absolute Gasteiger partial charge is 0.0461 e. The normalized spacial score (nSPS) is 12.6. The first-order valence-corrected chi connectivity index (χ1v) is 6.43. The molecule has 0 amide bonds. The molecular formula is C16H23N. The predicted molar refractivity (Wildman–Crippen MR) is 75.8 cm³/mol. The minimum Gasteiger partial charge on any atom is -0.358 e. The summed E-state index contributed by atoms with van der Waals surface area (Å²) in [4.78, 5) is 3.58. The summed E-state index contributed by atoms with van der Waals surface area (Å²) in [6.45, 7) is 13.5. The van der Waals surface area contributed by atoms with E-state index in [1.165, 1.54) is 27.7 Å². The van der Waals surface area contributed by atoms with E-state index in [0.29, 0.717) is 5.92 Å². The summed E-state index contributed by atoms with van der Waals surface area (Å²) in [5.74, 6) is 0.556. The average molecular weight is 229 g/mol. The number of H-pyrrole nitrogens is 1. The Kier molecular flexibility index (Phi) is 2.81. The Morgan fingerprint density at radius 2 is 1.76 bits per heavy atom. The van der Waals surface area contributed by atoms with Gasteiger partial charge in [-0.15, -0.1) is 0 Å². The summed E-state index contributed by atoms with van der Waals surface area (Å²) in [6, 6.07) is 6.81. The van der Waals surface area contributed by atoms with Crippen LogP contribution in [-0.2, 0) is 5.41 Å². The van der Waals surface area contributed by atoms with E-state index >= 15 is 0 Å². The molecule has 0 saturated carbocycles. The highest BCUT2D eigenvalue weighted by Crippen LogP contribution is 2.30. The lowest BCUT2D eigenvalue weighted by atomic mass is 9.86. The van der Waals surface area contributed by atoms with E-state index in [4.69, 9.17) is 0 Å². The summed E-state index contributed by atoms with van der Waals surface area (Å²) in [5.41, 5.74) is 5.65. The van der Waals surface area contributed by atoms with Crippen LogP contribution in [0.3, 0.4) is 0 Å². The largest absolute Gasteiger partial charge is 0.358 e. The molecule has 0 saturated heterocycles. The van der Waals surface area contributed by atoms with Crippen LogP contribution in [0, 0.1) is 6.92 Å². The Bertz CT molecular complexity index is 538. The number of aryl methyl sites for hydroxylation is 1. The first-order chi connectivity index (χ1) is 7.80. The molecule has 92 valence electrons. The molecule has 1 heteroatoms. The summed E-state index contributed by atoms with van der Waals surface area (Å²) < 4.78 is 0. The van der Waals surface area contributed by atoms with Gasteiger partial charge in [-0.3, -0.25) is 0 Å². The van der Waals surface area contributed by atoms with Gasteiger partial charge in [0.2, 0.25) is 0 Å². The van der Waals surface area contributed by atoms with Crippen molar-refractivity contribution in [3.8, 4) is 0 Å². The molecule has 0 fully saturated rings. The molecule has 1 nitrogen and oxygen atoms in total. The molecule has 0 aliphatic carbocycles. The van der Waals surface area contributed by atoms with E-state index in [-0.39, 0.29) is 5.41 Å². The maximum atomic E-state index is 3.58. The second kappa shape index (κ2) is 3.90. The van der Waals surface area contributed by atoms with Gasteiger partial charge in [-0.1, -0.05) is 46.8 Å². The van der Waals surface area contributed by atoms with Crippen LogP contribution in [0.1, 0.15) is 57.4 Å². The zero-order valence-corrected chi connectivity index (χ0v) is 11.8. The van der Waals surface area contributed by atoms with Crippen molar-refractivity contribution in [3.05, 3.63) is 35.0 Å². The van der Waals surface area contributed by atoms with Gasteiger partial charge >= 0.3 is 0 Å². The Morgan fingerprint density at radius 1 is 1.12 bits per heavy atom. The number of aromatic amines is 1. The Balaban J connectivity index is 2.64. The van der Waals surface area contributed by atoms with Crippen molar-refractivity contribution in [3.63, 3.8) is 0 Å². The van der Waals surface area contributed by atoms with E-state index < -0.39 is 0 Å². The second-order valence-electron chi connectivity index (χ2n) is 6.33. The standard InChI is InChI=1S/C16H23N/c1-10(2)15-11(3)13-8-7-12(16(4,5)6)9-14(13)17-15/h7-10,17H,1-6H3. The number of benzene rings is 1. The highest BCUT2D eigenvalue weighted by atomic mass is 14.7. The fraction of sp³-hybridized carbons (Fsp3) is 0.500. The predicted octanol–water partition coefficient (Wildman–Crippen LogP) is 4.90. The molecule has 0 spiro atoms. The van der Waals surface area contributed by atoms with Crippen LogP contribution in [0.5, 0.6) is 0 Å². The van der Waals surface area contributed by atoms with Gasteiger partial charge in [0.25, 0.3) is 0 Å². The number of hydrogen-bond donors (Lipinski definition) is 1. The average Bonchev–Trinajstić information content (AvgIpc) is 2.54. The lowest BCUT2D eigenvalue weighted by Crippen LogP contribution is -2.10. The van der Waals surface area contributed by atoms with Crippen LogP contribution in [0.2, 0.25) is 0 Å². The molecule has 1 heterocycles. The third-order valence-electron chi connectivity index (χ3n) is 3.54. The minimum absolute atomic E-state index is 0.213. The first-order valence-electron chi connectivity index (χ1n) is 6.43. The van der Waals surface area contributed by atoms with Crippen molar-refractivity contribution >= 4 is 10.9 Å². The first kappa shape index (κ1) is 12.2. The van der Waals surface area contributed by atoms with E-state index in [9.17, 15) is 0 Å². The molecular weight excluding hydrogens is 206 g/mol. The fourth-order valence-corrected chi connectivity index (χ4v) is 2.40. The van der Waals surface area contributed by atoms with E-state index in [1.807, 2.05) is 0 Å². The highest BCUT2D eigenvalue weighted by Gasteiger charge is 2.16. The van der Waals surface area contributed by atoms with Crippen molar-refractivity contribution in [1.82, 2.24) is 4.98 Å². The Labute approximate surface area is 104 Å². The molecule has 0 atom stereocenters. The quantitative estimate of drug-likeness (QED) is 0.716. The van der Waals surface area contributed by atoms with Crippen molar-refractivity contribution < 1.29 is 0 Å². The highest BCUT2D eigenvalue weighted by molar-refractivity contribution is 5.85. The molecule has 0 bridgehead atoms. The molecule has 1 aromatic carbocycles. The Hall–Kier alpha value is -1.24. The summed E-state index contributed by atoms with van der Waals surface area (Å²) in [6.07, 6.45) is 0. The molecule has 1 N–H and O–H groups in total. The van der Waals surface area contributed by atoms with Gasteiger partial charge in [-0.2, -0.15) is 0 Å². The summed E-state index contributed by atoms with van der Waals surface area (Å²) in [7, 11) is 0. The molecule has 2 aromatic rings. The molecule has 1 aromatic heterocycles. The van der Waals surface area contributed by atoms with Crippen LogP contribution in [0.25, 0.3) is 10.9 Å². The third-order valence-corrected chi connectivity index (χ3v) is 3.54. The van der Waals surface area contributed by atoms with Crippen LogP contribution in [0.4, 0.5) is 0 Å². The fourth-order valence-electron chi connectivity index (χ4n) is 2.40. The van der Waals surface area contributed by atoms with Gasteiger partial charge in [0, 0.05) is 16.6 Å². The van der Waals surface area contributed by atoms with Crippen LogP contribution < -0.4 is 0 Å². The van der Waals surface area contributed by atoms with Gasteiger partial charge in [0.05, 0.1) is 0 Å². The second-order valence-corrected chi connectivity index (χ2v) is 6.33.